The number of hydrogen-bond acceptors (Lipinski definition) is 6. The summed E-state index contributed by atoms with van der Waals surface area (Å²) in [5.41, 5.74) is 0.0256. The topological polar surface area (TPSA) is 104 Å². The molecule has 10 heteroatoms. The second kappa shape index (κ2) is 9.52. The van der Waals surface area contributed by atoms with Gasteiger partial charge in [-0.25, -0.2) is 13.6 Å². The van der Waals surface area contributed by atoms with Crippen LogP contribution in [0.1, 0.15) is 5.56 Å². The van der Waals surface area contributed by atoms with Crippen LogP contribution in [0.2, 0.25) is 0 Å². The molecule has 0 amide bonds. The number of aliphatic hydroxyl groups is 1. The summed E-state index contributed by atoms with van der Waals surface area (Å²) in [4.78, 5) is 29.4. The minimum atomic E-state index is -0.777. The van der Waals surface area contributed by atoms with Crippen molar-refractivity contribution >= 4 is 22.7 Å². The number of aromatic amines is 2. The summed E-state index contributed by atoms with van der Waals surface area (Å²) in [6, 6.07) is 4.75. The summed E-state index contributed by atoms with van der Waals surface area (Å²) < 4.78 is 38.3. The van der Waals surface area contributed by atoms with Gasteiger partial charge in [-0.15, -0.1) is 11.8 Å². The fourth-order valence-electron chi connectivity index (χ4n) is 3.07. The second-order valence-electron chi connectivity index (χ2n) is 6.54. The van der Waals surface area contributed by atoms with E-state index in [9.17, 15) is 23.5 Å². The number of methoxy groups -OCH3 is 1. The Morgan fingerprint density at radius 2 is 1.97 bits per heavy atom. The van der Waals surface area contributed by atoms with Crippen molar-refractivity contribution in [2.45, 2.75) is 17.9 Å². The Morgan fingerprint density at radius 1 is 1.20 bits per heavy atom. The van der Waals surface area contributed by atoms with Gasteiger partial charge in [-0.05, 0) is 30.7 Å². The van der Waals surface area contributed by atoms with Gasteiger partial charge in [0.05, 0.1) is 23.6 Å². The minimum Gasteiger partial charge on any atom is -0.394 e. The van der Waals surface area contributed by atoms with E-state index in [2.05, 4.69) is 9.97 Å². The molecule has 7 nitrogen and oxygen atoms in total. The lowest BCUT2D eigenvalue weighted by molar-refractivity contribution is -0.0780. The molecule has 0 bridgehead atoms. The van der Waals surface area contributed by atoms with Crippen LogP contribution in [0.25, 0.3) is 22.0 Å². The van der Waals surface area contributed by atoms with Crippen molar-refractivity contribution in [3.05, 3.63) is 62.3 Å². The lowest BCUT2D eigenvalue weighted by atomic mass is 9.98. The highest BCUT2D eigenvalue weighted by atomic mass is 32.2. The monoisotopic (exact) mass is 438 g/mol. The number of ether oxygens (including phenoxy) is 2. The Kier molecular flexibility index (Phi) is 7.03. The van der Waals surface area contributed by atoms with Crippen LogP contribution in [0.4, 0.5) is 8.78 Å². The molecule has 3 rings (SSSR count). The molecule has 2 aromatic carbocycles. The molecule has 160 valence electrons. The molecule has 1 heterocycles. The number of benzene rings is 2. The molecule has 0 spiro atoms. The Bertz CT molecular complexity index is 1180. The molecule has 0 unspecified atom stereocenters. The first kappa shape index (κ1) is 22.2. The quantitative estimate of drug-likeness (QED) is 0.369. The largest absolute Gasteiger partial charge is 0.394 e. The van der Waals surface area contributed by atoms with Crippen LogP contribution in [-0.4, -0.2) is 47.4 Å². The summed E-state index contributed by atoms with van der Waals surface area (Å²) in [6.07, 6.45) is -0.606. The first-order valence-electron chi connectivity index (χ1n) is 8.95. The van der Waals surface area contributed by atoms with Crippen LogP contribution in [0, 0.1) is 18.6 Å². The maximum Gasteiger partial charge on any atom is 0.326 e. The number of aromatic nitrogens is 2. The van der Waals surface area contributed by atoms with Crippen molar-refractivity contribution in [1.82, 2.24) is 9.97 Å². The number of rotatable bonds is 8. The zero-order valence-corrected chi connectivity index (χ0v) is 17.1. The predicted molar refractivity (Wildman–Crippen MR) is 110 cm³/mol. The minimum absolute atomic E-state index is 0.0314. The number of aliphatic hydroxyl groups excluding tert-OH is 1. The summed E-state index contributed by atoms with van der Waals surface area (Å²) >= 11 is 1.18. The summed E-state index contributed by atoms with van der Waals surface area (Å²) in [5, 5.41) is 9.76. The number of aryl methyl sites for hydroxylation is 1. The van der Waals surface area contributed by atoms with E-state index in [0.29, 0.717) is 16.0 Å². The Hall–Kier alpha value is -2.53. The lowest BCUT2D eigenvalue weighted by Crippen LogP contribution is -2.23. The molecule has 0 aliphatic carbocycles. The standard InChI is InChI=1S/C20H20F2N2O5S/c1-10-5-14-17(23-20(27)24-19(14)26)18(30-8-12(7-25)29-9-28-2)16(10)13-4-3-11(21)6-15(13)22/h3-6,12,25H,7-9H2,1-2H3,(H2,23,24,26,27)/t12-/m1/s1. The van der Waals surface area contributed by atoms with Gasteiger partial charge in [-0.3, -0.25) is 9.78 Å². The molecule has 0 radical (unpaired) electrons. The first-order chi connectivity index (χ1) is 14.3. The van der Waals surface area contributed by atoms with Gasteiger partial charge in [-0.1, -0.05) is 0 Å². The smallest absolute Gasteiger partial charge is 0.326 e. The Morgan fingerprint density at radius 3 is 2.63 bits per heavy atom. The van der Waals surface area contributed by atoms with Crippen LogP contribution in [0.3, 0.4) is 0 Å². The van der Waals surface area contributed by atoms with E-state index in [1.165, 1.54) is 31.0 Å². The van der Waals surface area contributed by atoms with Gasteiger partial charge in [0.25, 0.3) is 5.56 Å². The van der Waals surface area contributed by atoms with Crippen LogP contribution >= 0.6 is 11.8 Å². The van der Waals surface area contributed by atoms with E-state index in [0.717, 1.165) is 12.1 Å². The third-order valence-corrected chi connectivity index (χ3v) is 5.66. The molecule has 0 aliphatic heterocycles. The maximum atomic E-state index is 14.6. The molecule has 3 aromatic rings. The van der Waals surface area contributed by atoms with Crippen molar-refractivity contribution in [2.24, 2.45) is 0 Å². The van der Waals surface area contributed by atoms with Crippen molar-refractivity contribution in [1.29, 1.82) is 0 Å². The predicted octanol–water partition coefficient (Wildman–Crippen LogP) is 2.54. The van der Waals surface area contributed by atoms with Gasteiger partial charge in [0.15, 0.2) is 0 Å². The van der Waals surface area contributed by atoms with Gasteiger partial charge in [0, 0.05) is 35.0 Å². The molecule has 1 aromatic heterocycles. The summed E-state index contributed by atoms with van der Waals surface area (Å²) in [5.74, 6) is -1.27. The van der Waals surface area contributed by atoms with Crippen LogP contribution < -0.4 is 11.2 Å². The highest BCUT2D eigenvalue weighted by Crippen LogP contribution is 2.39. The second-order valence-corrected chi connectivity index (χ2v) is 7.57. The first-order valence-corrected chi connectivity index (χ1v) is 9.93. The Labute approximate surface area is 174 Å². The summed E-state index contributed by atoms with van der Waals surface area (Å²) in [6.45, 7) is 1.37. The number of H-pyrrole nitrogens is 2. The number of hydrogen-bond donors (Lipinski definition) is 3. The summed E-state index contributed by atoms with van der Waals surface area (Å²) in [7, 11) is 1.45. The molecule has 0 fully saturated rings. The number of thioether (sulfide) groups is 1. The number of halogens is 2. The molecular formula is C20H20F2N2O5S. The van der Waals surface area contributed by atoms with Gasteiger partial charge < -0.3 is 19.6 Å². The highest BCUT2D eigenvalue weighted by Gasteiger charge is 2.21. The molecule has 0 saturated heterocycles. The van der Waals surface area contributed by atoms with E-state index in [1.54, 1.807) is 6.92 Å². The van der Waals surface area contributed by atoms with Crippen molar-refractivity contribution in [2.75, 3.05) is 26.3 Å². The molecule has 0 saturated carbocycles. The SMILES string of the molecule is COCO[C@H](CO)CSc1c(-c2ccc(F)cc2F)c(C)cc2c(=O)[nH]c(=O)[nH]c12. The Balaban J connectivity index is 2.21. The van der Waals surface area contributed by atoms with E-state index in [4.69, 9.17) is 9.47 Å². The van der Waals surface area contributed by atoms with Gasteiger partial charge >= 0.3 is 5.69 Å². The normalized spacial score (nSPS) is 12.4. The van der Waals surface area contributed by atoms with Crippen LogP contribution in [0.5, 0.6) is 0 Å². The fourth-order valence-corrected chi connectivity index (χ4v) is 4.35. The average Bonchev–Trinajstić information content (AvgIpc) is 2.69. The van der Waals surface area contributed by atoms with E-state index < -0.39 is 29.0 Å². The van der Waals surface area contributed by atoms with Crippen molar-refractivity contribution < 1.29 is 23.4 Å². The highest BCUT2D eigenvalue weighted by molar-refractivity contribution is 7.99. The lowest BCUT2D eigenvalue weighted by Gasteiger charge is -2.19. The third-order valence-electron chi connectivity index (χ3n) is 4.43. The van der Waals surface area contributed by atoms with Gasteiger partial charge in [0.2, 0.25) is 0 Å². The average molecular weight is 438 g/mol. The van der Waals surface area contributed by atoms with E-state index >= 15 is 0 Å². The number of nitrogens with one attached hydrogen (secondary N) is 2. The number of fused-ring (bicyclic) bond motifs is 1. The van der Waals surface area contributed by atoms with E-state index in [-0.39, 0.29) is 35.6 Å². The fraction of sp³-hybridized carbons (Fsp3) is 0.300. The van der Waals surface area contributed by atoms with Crippen LogP contribution in [-0.2, 0) is 9.47 Å². The molecule has 3 N–H and O–H groups in total. The zero-order chi connectivity index (χ0) is 21.8. The van der Waals surface area contributed by atoms with Crippen LogP contribution in [0.15, 0.2) is 38.8 Å². The molecule has 30 heavy (non-hydrogen) atoms. The van der Waals surface area contributed by atoms with E-state index in [1.807, 2.05) is 0 Å². The van der Waals surface area contributed by atoms with Gasteiger partial charge in [-0.2, -0.15) is 0 Å². The van der Waals surface area contributed by atoms with Gasteiger partial charge in [0.1, 0.15) is 18.4 Å². The third kappa shape index (κ3) is 4.62. The molecule has 1 atom stereocenters. The maximum absolute atomic E-state index is 14.6. The zero-order valence-electron chi connectivity index (χ0n) is 16.3. The van der Waals surface area contributed by atoms with Crippen molar-refractivity contribution in [3.63, 3.8) is 0 Å². The molecule has 0 aliphatic rings. The van der Waals surface area contributed by atoms with Crippen molar-refractivity contribution in [3.8, 4) is 11.1 Å². The molecular weight excluding hydrogens is 418 g/mol.